The molecule has 0 saturated carbocycles. The monoisotopic (exact) mass is 443 g/mol. The van der Waals surface area contributed by atoms with Crippen molar-refractivity contribution in [2.75, 3.05) is 43.2 Å². The summed E-state index contributed by atoms with van der Waals surface area (Å²) in [5.74, 6) is 4.29. The molecule has 2 aliphatic rings. The Balaban J connectivity index is 1.05. The molecule has 4 heterocycles. The van der Waals surface area contributed by atoms with Gasteiger partial charge in [0.15, 0.2) is 11.5 Å². The number of hydrogen-bond acceptors (Lipinski definition) is 8. The van der Waals surface area contributed by atoms with Crippen LogP contribution in [0.4, 0.5) is 11.6 Å². The molecule has 0 bridgehead atoms. The van der Waals surface area contributed by atoms with E-state index in [0.29, 0.717) is 13.3 Å². The van der Waals surface area contributed by atoms with Crippen molar-refractivity contribution in [3.8, 4) is 11.5 Å². The molecule has 0 unspecified atom stereocenters. The second-order valence-corrected chi connectivity index (χ2v) is 8.27. The van der Waals surface area contributed by atoms with Gasteiger partial charge in [0, 0.05) is 38.8 Å². The van der Waals surface area contributed by atoms with Crippen molar-refractivity contribution >= 4 is 22.7 Å². The fourth-order valence-electron chi connectivity index (χ4n) is 4.31. The fraction of sp³-hybridized carbons (Fsp3) is 0.292. The van der Waals surface area contributed by atoms with E-state index in [1.165, 1.54) is 5.56 Å². The van der Waals surface area contributed by atoms with Gasteiger partial charge in [-0.1, -0.05) is 18.2 Å². The predicted molar refractivity (Wildman–Crippen MR) is 126 cm³/mol. The molecule has 0 amide bonds. The Hall–Kier alpha value is -3.85. The zero-order chi connectivity index (χ0) is 22.0. The maximum Gasteiger partial charge on any atom is 0.231 e. The molecule has 168 valence electrons. The van der Waals surface area contributed by atoms with Gasteiger partial charge in [-0.25, -0.2) is 15.0 Å². The first-order valence-electron chi connectivity index (χ1n) is 11.2. The lowest BCUT2D eigenvalue weighted by Crippen LogP contribution is -2.46. The summed E-state index contributed by atoms with van der Waals surface area (Å²) >= 11 is 0. The van der Waals surface area contributed by atoms with Gasteiger partial charge >= 0.3 is 0 Å². The number of H-pyrrole nitrogens is 1. The summed E-state index contributed by atoms with van der Waals surface area (Å²) in [6, 6.07) is 16.2. The molecule has 2 aromatic carbocycles. The molecule has 2 N–H and O–H groups in total. The maximum absolute atomic E-state index is 5.50. The molecule has 6 rings (SSSR count). The van der Waals surface area contributed by atoms with Crippen LogP contribution in [0.25, 0.3) is 11.0 Å². The van der Waals surface area contributed by atoms with Crippen LogP contribution < -0.4 is 19.7 Å². The molecule has 4 aromatic rings. The third-order valence-electron chi connectivity index (χ3n) is 6.07. The number of piperazine rings is 1. The smallest absolute Gasteiger partial charge is 0.231 e. The number of para-hydroxylation sites is 2. The van der Waals surface area contributed by atoms with Crippen molar-refractivity contribution in [2.45, 2.75) is 13.1 Å². The number of nitrogens with zero attached hydrogens (tertiary/aromatic N) is 5. The fourth-order valence-corrected chi connectivity index (χ4v) is 4.31. The van der Waals surface area contributed by atoms with Crippen LogP contribution in [0.3, 0.4) is 0 Å². The van der Waals surface area contributed by atoms with Crippen molar-refractivity contribution in [1.29, 1.82) is 0 Å². The third kappa shape index (κ3) is 4.27. The average Bonchev–Trinajstić information content (AvgIpc) is 3.50. The van der Waals surface area contributed by atoms with E-state index in [2.05, 4.69) is 47.2 Å². The molecule has 2 aliphatic heterocycles. The van der Waals surface area contributed by atoms with Crippen LogP contribution in [-0.2, 0) is 13.1 Å². The van der Waals surface area contributed by atoms with E-state index in [1.54, 1.807) is 6.33 Å². The van der Waals surface area contributed by atoms with Crippen LogP contribution in [0.5, 0.6) is 11.5 Å². The van der Waals surface area contributed by atoms with Gasteiger partial charge in [0.05, 0.1) is 17.6 Å². The van der Waals surface area contributed by atoms with Gasteiger partial charge in [-0.3, -0.25) is 4.90 Å². The Morgan fingerprint density at radius 1 is 0.939 bits per heavy atom. The van der Waals surface area contributed by atoms with Crippen LogP contribution >= 0.6 is 0 Å². The average molecular weight is 444 g/mol. The molecule has 1 saturated heterocycles. The van der Waals surface area contributed by atoms with Crippen molar-refractivity contribution < 1.29 is 9.47 Å². The highest BCUT2D eigenvalue weighted by atomic mass is 16.7. The highest BCUT2D eigenvalue weighted by molar-refractivity contribution is 5.74. The van der Waals surface area contributed by atoms with Gasteiger partial charge in [0.2, 0.25) is 6.79 Å². The highest BCUT2D eigenvalue weighted by Gasteiger charge is 2.20. The number of anilines is 2. The van der Waals surface area contributed by atoms with E-state index in [0.717, 1.165) is 72.7 Å². The Morgan fingerprint density at radius 2 is 1.82 bits per heavy atom. The lowest BCUT2D eigenvalue weighted by molar-refractivity contribution is 0.174. The minimum absolute atomic E-state index is 0.311. The van der Waals surface area contributed by atoms with Crippen LogP contribution in [0, 0.1) is 0 Å². The first-order chi connectivity index (χ1) is 16.3. The lowest BCUT2D eigenvalue weighted by Gasteiger charge is -2.35. The third-order valence-corrected chi connectivity index (χ3v) is 6.07. The van der Waals surface area contributed by atoms with E-state index in [1.807, 2.05) is 36.4 Å². The molecule has 9 nitrogen and oxygen atoms in total. The van der Waals surface area contributed by atoms with Crippen LogP contribution in [0.2, 0.25) is 0 Å². The van der Waals surface area contributed by atoms with Gasteiger partial charge in [0.1, 0.15) is 23.8 Å². The minimum atomic E-state index is 0.311. The zero-order valence-electron chi connectivity index (χ0n) is 18.2. The lowest BCUT2D eigenvalue weighted by atomic mass is 10.1. The van der Waals surface area contributed by atoms with E-state index in [-0.39, 0.29) is 0 Å². The number of fused-ring (bicyclic) bond motifs is 2. The largest absolute Gasteiger partial charge is 0.454 e. The van der Waals surface area contributed by atoms with Crippen LogP contribution in [0.1, 0.15) is 11.4 Å². The number of ether oxygens (including phenoxy) is 2. The zero-order valence-corrected chi connectivity index (χ0v) is 18.2. The second-order valence-electron chi connectivity index (χ2n) is 8.27. The van der Waals surface area contributed by atoms with E-state index in [4.69, 9.17) is 9.47 Å². The Bertz CT molecular complexity index is 1230. The first-order valence-corrected chi connectivity index (χ1v) is 11.2. The van der Waals surface area contributed by atoms with Gasteiger partial charge in [-0.15, -0.1) is 0 Å². The predicted octanol–water partition coefficient (Wildman–Crippen LogP) is 3.02. The molecule has 0 atom stereocenters. The Morgan fingerprint density at radius 3 is 2.73 bits per heavy atom. The summed E-state index contributed by atoms with van der Waals surface area (Å²) in [4.78, 5) is 21.6. The number of benzene rings is 2. The quantitative estimate of drug-likeness (QED) is 0.470. The van der Waals surface area contributed by atoms with Gasteiger partial charge in [-0.05, 0) is 29.8 Å². The summed E-state index contributed by atoms with van der Waals surface area (Å²) in [6.07, 6.45) is 1.62. The van der Waals surface area contributed by atoms with Crippen molar-refractivity contribution in [3.05, 3.63) is 66.2 Å². The molecular weight excluding hydrogens is 418 g/mol. The number of nitrogens with one attached hydrogen (secondary N) is 2. The highest BCUT2D eigenvalue weighted by Crippen LogP contribution is 2.33. The Labute approximate surface area is 191 Å². The molecule has 2 aromatic heterocycles. The molecule has 33 heavy (non-hydrogen) atoms. The Kier molecular flexibility index (Phi) is 5.16. The van der Waals surface area contributed by atoms with Crippen molar-refractivity contribution in [1.82, 2.24) is 24.8 Å². The van der Waals surface area contributed by atoms with Crippen LogP contribution in [-0.4, -0.2) is 57.8 Å². The summed E-state index contributed by atoms with van der Waals surface area (Å²) in [5.41, 5.74) is 3.25. The van der Waals surface area contributed by atoms with E-state index < -0.39 is 0 Å². The molecule has 0 aliphatic carbocycles. The SMILES string of the molecule is c1ccc2[nH]c(CNc3cc(N4CCN(Cc5ccc6c(c5)OCO6)CC4)ncn3)nc2c1. The maximum atomic E-state index is 5.50. The standard InChI is InChI=1S/C24H25N7O2/c1-2-4-19-18(3-1)28-23(29-19)13-25-22-12-24(27-15-26-22)31-9-7-30(8-10-31)14-17-5-6-20-21(11-17)33-16-32-20/h1-6,11-12,15H,7-10,13-14,16H2,(H,28,29)(H,25,26,27). The second kappa shape index (κ2) is 8.59. The number of hydrogen-bond donors (Lipinski definition) is 2. The van der Waals surface area contributed by atoms with Gasteiger partial charge in [-0.2, -0.15) is 0 Å². The number of aromatic nitrogens is 4. The topological polar surface area (TPSA) is 91.4 Å². The summed E-state index contributed by atoms with van der Waals surface area (Å²) < 4.78 is 10.9. The molecular formula is C24H25N7O2. The van der Waals surface area contributed by atoms with E-state index in [9.17, 15) is 0 Å². The van der Waals surface area contributed by atoms with Gasteiger partial charge < -0.3 is 24.7 Å². The van der Waals surface area contributed by atoms with Crippen LogP contribution in [0.15, 0.2) is 54.9 Å². The summed E-state index contributed by atoms with van der Waals surface area (Å²) in [6.45, 7) is 5.58. The van der Waals surface area contributed by atoms with Gasteiger partial charge in [0.25, 0.3) is 0 Å². The molecule has 0 radical (unpaired) electrons. The van der Waals surface area contributed by atoms with E-state index >= 15 is 0 Å². The molecule has 0 spiro atoms. The first kappa shape index (κ1) is 19.8. The number of rotatable bonds is 6. The normalized spacial score (nSPS) is 15.8. The van der Waals surface area contributed by atoms with Crippen molar-refractivity contribution in [3.63, 3.8) is 0 Å². The number of aromatic amines is 1. The molecule has 1 fully saturated rings. The summed E-state index contributed by atoms with van der Waals surface area (Å²) in [5, 5.41) is 3.36. The summed E-state index contributed by atoms with van der Waals surface area (Å²) in [7, 11) is 0. The molecule has 9 heteroatoms. The number of imidazole rings is 1. The minimum Gasteiger partial charge on any atom is -0.454 e. The van der Waals surface area contributed by atoms with Crippen molar-refractivity contribution in [2.24, 2.45) is 0 Å².